The van der Waals surface area contributed by atoms with Crippen molar-refractivity contribution in [2.24, 2.45) is 0 Å². The molecule has 0 aliphatic carbocycles. The van der Waals surface area contributed by atoms with Crippen molar-refractivity contribution in [3.8, 4) is 0 Å². The summed E-state index contributed by atoms with van der Waals surface area (Å²) in [4.78, 5) is 6.99. The van der Waals surface area contributed by atoms with E-state index in [4.69, 9.17) is 9.46 Å². The molecule has 0 bridgehead atoms. The molecule has 0 aromatic carbocycles. The number of rotatable bonds is 1. The van der Waals surface area contributed by atoms with Crippen LogP contribution in [0.4, 0.5) is 0 Å². The molecule has 0 aromatic heterocycles. The van der Waals surface area contributed by atoms with Crippen molar-refractivity contribution in [1.29, 1.82) is 0 Å². The van der Waals surface area contributed by atoms with E-state index in [0.29, 0.717) is 0 Å². The van der Waals surface area contributed by atoms with Crippen LogP contribution in [0.3, 0.4) is 0 Å². The Kier molecular flexibility index (Phi) is 48.8. The van der Waals surface area contributed by atoms with E-state index in [2.05, 4.69) is 13.8 Å². The molecule has 0 fully saturated rings. The summed E-state index contributed by atoms with van der Waals surface area (Å²) >= 11 is 0. The summed E-state index contributed by atoms with van der Waals surface area (Å²) in [7, 11) is -0.833. The van der Waals surface area contributed by atoms with Crippen LogP contribution in [0.15, 0.2) is 0 Å². The van der Waals surface area contributed by atoms with Gasteiger partial charge >= 0.3 is 38.2 Å². The van der Waals surface area contributed by atoms with Gasteiger partial charge in [-0.25, -0.2) is 4.57 Å². The predicted octanol–water partition coefficient (Wildman–Crippen LogP) is -1.19. The van der Waals surface area contributed by atoms with Crippen LogP contribution in [0.1, 0.15) is 19.8 Å². The van der Waals surface area contributed by atoms with Crippen molar-refractivity contribution >= 4 is 8.69 Å². The summed E-state index contributed by atoms with van der Waals surface area (Å²) in [6.45, 7) is 5.72. The molecule has 2 nitrogen and oxygen atoms in total. The van der Waals surface area contributed by atoms with Gasteiger partial charge in [0.05, 0.1) is 0 Å². The van der Waals surface area contributed by atoms with Crippen LogP contribution in [0.25, 0.3) is 0 Å². The molecule has 0 rings (SSSR count). The van der Waals surface area contributed by atoms with Crippen LogP contribution in [-0.2, 0) is 4.57 Å². The van der Waals surface area contributed by atoms with Crippen molar-refractivity contribution < 1.29 is 39.0 Å². The summed E-state index contributed by atoms with van der Waals surface area (Å²) in [6.07, 6.45) is 2.28. The first-order valence-electron chi connectivity index (χ1n) is 2.09. The molecule has 0 spiro atoms. The zero-order chi connectivity index (χ0) is 6.12. The van der Waals surface area contributed by atoms with E-state index < -0.39 is 8.69 Å². The summed E-state index contributed by atoms with van der Waals surface area (Å²) in [5, 5.41) is 0. The molecule has 0 radical (unpaired) electrons. The smallest absolute Gasteiger partial charge is 0.343 e. The first-order valence-corrected chi connectivity index (χ1v) is 2.85. The summed E-state index contributed by atoms with van der Waals surface area (Å²) in [6, 6.07) is 0. The Morgan fingerprint density at radius 1 is 1.75 bits per heavy atom. The van der Waals surface area contributed by atoms with E-state index in [0.717, 1.165) is 6.42 Å². The largest absolute Gasteiger partial charge is 1.00 e. The van der Waals surface area contributed by atoms with E-state index in [1.165, 1.54) is 6.42 Å². The molecule has 44 valence electrons. The van der Waals surface area contributed by atoms with Gasteiger partial charge in [-0.1, -0.05) is 13.3 Å². The second kappa shape index (κ2) is 24.4. The zero-order valence-electron chi connectivity index (χ0n) is 5.42. The van der Waals surface area contributed by atoms with Crippen LogP contribution >= 0.6 is 8.69 Å². The van der Waals surface area contributed by atoms with Crippen molar-refractivity contribution in [3.05, 3.63) is 6.92 Å². The molecule has 1 N–H and O–H groups in total. The standard InChI is InChI=1S/C4H9.Na.HO2P/c1-3-4-2;;1-3-2/h1,3-4H2,2H3;;(H,1,2)/q-1;+1;. The van der Waals surface area contributed by atoms with Gasteiger partial charge in [0.15, 0.2) is 0 Å². The van der Waals surface area contributed by atoms with Gasteiger partial charge in [0, 0.05) is 0 Å². The van der Waals surface area contributed by atoms with E-state index >= 15 is 0 Å². The SMILES string of the molecule is O=PO.[CH2-]CCC.[Na+]. The van der Waals surface area contributed by atoms with E-state index in [9.17, 15) is 0 Å². The molecule has 0 atom stereocenters. The topological polar surface area (TPSA) is 37.3 Å². The fraction of sp³-hybridized carbons (Fsp3) is 0.750. The Morgan fingerprint density at radius 3 is 1.88 bits per heavy atom. The number of hydrogen-bond acceptors (Lipinski definition) is 1. The molecule has 0 amide bonds. The molecule has 0 aliphatic rings. The summed E-state index contributed by atoms with van der Waals surface area (Å²) in [5.41, 5.74) is 0. The summed E-state index contributed by atoms with van der Waals surface area (Å²) in [5.74, 6) is 0. The Morgan fingerprint density at radius 2 is 1.88 bits per heavy atom. The normalized spacial score (nSPS) is 6.38. The third kappa shape index (κ3) is 61.1. The van der Waals surface area contributed by atoms with Crippen LogP contribution in [0, 0.1) is 6.92 Å². The third-order valence-corrected chi connectivity index (χ3v) is 0.354. The minimum atomic E-state index is -0.833. The van der Waals surface area contributed by atoms with E-state index in [-0.39, 0.29) is 29.6 Å². The third-order valence-electron chi connectivity index (χ3n) is 0.354. The van der Waals surface area contributed by atoms with Gasteiger partial charge in [0.1, 0.15) is 0 Å². The van der Waals surface area contributed by atoms with E-state index in [1.54, 1.807) is 0 Å². The average molecular weight is 144 g/mol. The maximum atomic E-state index is 8.46. The van der Waals surface area contributed by atoms with Gasteiger partial charge in [-0.3, -0.25) is 0 Å². The van der Waals surface area contributed by atoms with Crippen LogP contribution in [-0.4, -0.2) is 4.89 Å². The molecular formula is C4H10NaO2P. The molecule has 0 aromatic rings. The van der Waals surface area contributed by atoms with Gasteiger partial charge in [0.2, 0.25) is 0 Å². The van der Waals surface area contributed by atoms with E-state index in [1.807, 2.05) is 0 Å². The molecular weight excluding hydrogens is 134 g/mol. The van der Waals surface area contributed by atoms with Gasteiger partial charge in [-0.05, 0) is 0 Å². The molecule has 0 saturated carbocycles. The quantitative estimate of drug-likeness (QED) is 0.285. The molecule has 0 saturated heterocycles. The van der Waals surface area contributed by atoms with Gasteiger partial charge in [0.25, 0.3) is 0 Å². The van der Waals surface area contributed by atoms with Gasteiger partial charge in [-0.15, -0.1) is 0 Å². The Hall–Kier alpha value is 1.06. The van der Waals surface area contributed by atoms with Crippen LogP contribution in [0.2, 0.25) is 0 Å². The maximum Gasteiger partial charge on any atom is 1.00 e. The Bertz CT molecular complexity index is 33.2. The van der Waals surface area contributed by atoms with Crippen LogP contribution in [0.5, 0.6) is 0 Å². The van der Waals surface area contributed by atoms with Crippen molar-refractivity contribution in [3.63, 3.8) is 0 Å². The maximum absolute atomic E-state index is 8.46. The fourth-order valence-corrected chi connectivity index (χ4v) is 0. The predicted molar refractivity (Wildman–Crippen MR) is 30.1 cm³/mol. The second-order valence-electron chi connectivity index (χ2n) is 0.935. The van der Waals surface area contributed by atoms with Crippen molar-refractivity contribution in [2.75, 3.05) is 0 Å². The van der Waals surface area contributed by atoms with Gasteiger partial charge < -0.3 is 11.8 Å². The van der Waals surface area contributed by atoms with Crippen LogP contribution < -0.4 is 29.6 Å². The monoisotopic (exact) mass is 144 g/mol. The molecule has 0 unspecified atom stereocenters. The number of hydrogen-bond donors (Lipinski definition) is 1. The molecule has 0 heterocycles. The van der Waals surface area contributed by atoms with Gasteiger partial charge in [-0.2, -0.15) is 6.42 Å². The van der Waals surface area contributed by atoms with Crippen molar-refractivity contribution in [1.82, 2.24) is 0 Å². The molecule has 4 heteroatoms. The number of unbranched alkanes of at least 4 members (excludes halogenated alkanes) is 1. The minimum absolute atomic E-state index is 0. The first-order chi connectivity index (χ1) is 3.33. The Balaban J connectivity index is -0.0000000575. The average Bonchev–Trinajstić information content (AvgIpc) is 1.69. The minimum Gasteiger partial charge on any atom is -0.343 e. The zero-order valence-corrected chi connectivity index (χ0v) is 8.32. The second-order valence-corrected chi connectivity index (χ2v) is 1.10. The molecule has 0 aliphatic heterocycles. The molecule has 8 heavy (non-hydrogen) atoms. The Labute approximate surface area is 74.3 Å². The van der Waals surface area contributed by atoms with Crippen molar-refractivity contribution in [2.45, 2.75) is 19.8 Å². The summed E-state index contributed by atoms with van der Waals surface area (Å²) < 4.78 is 8.46. The first kappa shape index (κ1) is 16.0. The fourth-order valence-electron chi connectivity index (χ4n) is 0.